The molecular formula is C17H21NO2. The molecule has 0 aliphatic heterocycles. The number of para-hydroxylation sites is 1. The van der Waals surface area contributed by atoms with Crippen LogP contribution in [0, 0.1) is 0 Å². The molecule has 3 nitrogen and oxygen atoms in total. The Hall–Kier alpha value is -1.84. The van der Waals surface area contributed by atoms with E-state index in [1.807, 2.05) is 61.5 Å². The molecule has 0 fully saturated rings. The van der Waals surface area contributed by atoms with Gasteiger partial charge in [0.2, 0.25) is 0 Å². The zero-order valence-corrected chi connectivity index (χ0v) is 11.9. The monoisotopic (exact) mass is 271 g/mol. The minimum absolute atomic E-state index is 0.0395. The lowest BCUT2D eigenvalue weighted by Crippen LogP contribution is -2.31. The second-order valence-corrected chi connectivity index (χ2v) is 4.84. The van der Waals surface area contributed by atoms with Crippen LogP contribution in [0.15, 0.2) is 54.6 Å². The van der Waals surface area contributed by atoms with Crippen molar-refractivity contribution in [2.45, 2.75) is 25.6 Å². The van der Waals surface area contributed by atoms with Crippen molar-refractivity contribution in [3.05, 3.63) is 65.7 Å². The smallest absolute Gasteiger partial charge is 0.123 e. The molecule has 2 aromatic rings. The Morgan fingerprint density at radius 1 is 1.05 bits per heavy atom. The van der Waals surface area contributed by atoms with Gasteiger partial charge in [-0.2, -0.15) is 0 Å². The van der Waals surface area contributed by atoms with Crippen molar-refractivity contribution >= 4 is 0 Å². The molecule has 0 aromatic heterocycles. The van der Waals surface area contributed by atoms with Crippen molar-refractivity contribution in [2.24, 2.45) is 0 Å². The lowest BCUT2D eigenvalue weighted by molar-refractivity contribution is 0.135. The van der Waals surface area contributed by atoms with Crippen LogP contribution in [0.3, 0.4) is 0 Å². The molecule has 0 saturated carbocycles. The summed E-state index contributed by atoms with van der Waals surface area (Å²) in [6, 6.07) is 17.5. The van der Waals surface area contributed by atoms with Gasteiger partial charge >= 0.3 is 0 Å². The molecule has 20 heavy (non-hydrogen) atoms. The maximum absolute atomic E-state index is 10.3. The normalized spacial score (nSPS) is 13.8. The zero-order chi connectivity index (χ0) is 14.4. The van der Waals surface area contributed by atoms with Gasteiger partial charge in [0.1, 0.15) is 5.75 Å². The highest BCUT2D eigenvalue weighted by molar-refractivity contribution is 5.33. The predicted molar refractivity (Wildman–Crippen MR) is 80.7 cm³/mol. The average Bonchev–Trinajstić information content (AvgIpc) is 2.53. The molecule has 2 aromatic carbocycles. The second kappa shape index (κ2) is 7.08. The first-order valence-electron chi connectivity index (χ1n) is 6.80. The summed E-state index contributed by atoms with van der Waals surface area (Å²) in [6.07, 6.45) is -0.522. The van der Waals surface area contributed by atoms with Crippen LogP contribution in [0.4, 0.5) is 0 Å². The Morgan fingerprint density at radius 2 is 1.70 bits per heavy atom. The Labute approximate surface area is 120 Å². The fourth-order valence-corrected chi connectivity index (χ4v) is 2.17. The lowest BCUT2D eigenvalue weighted by Gasteiger charge is -2.21. The predicted octanol–water partition coefficient (Wildman–Crippen LogP) is 2.91. The summed E-state index contributed by atoms with van der Waals surface area (Å²) in [6.45, 7) is 2.64. The number of hydrogen-bond acceptors (Lipinski definition) is 3. The van der Waals surface area contributed by atoms with Gasteiger partial charge in [0.05, 0.1) is 13.2 Å². The van der Waals surface area contributed by atoms with E-state index in [0.29, 0.717) is 6.54 Å². The number of aliphatic hydroxyl groups excluding tert-OH is 1. The third kappa shape index (κ3) is 3.59. The number of aliphatic hydroxyl groups is 1. The van der Waals surface area contributed by atoms with Gasteiger partial charge in [0.15, 0.2) is 0 Å². The molecule has 0 spiro atoms. The number of ether oxygens (including phenoxy) is 1. The molecule has 0 aliphatic rings. The van der Waals surface area contributed by atoms with Crippen molar-refractivity contribution in [3.63, 3.8) is 0 Å². The lowest BCUT2D eigenvalue weighted by atomic mass is 10.0. The quantitative estimate of drug-likeness (QED) is 0.849. The summed E-state index contributed by atoms with van der Waals surface area (Å²) in [5, 5.41) is 13.6. The summed E-state index contributed by atoms with van der Waals surface area (Å²) < 4.78 is 5.32. The van der Waals surface area contributed by atoms with E-state index in [0.717, 1.165) is 16.9 Å². The molecule has 0 bridgehead atoms. The Bertz CT molecular complexity index is 528. The molecule has 2 N–H and O–H groups in total. The number of hydrogen-bond donors (Lipinski definition) is 2. The van der Waals surface area contributed by atoms with Crippen molar-refractivity contribution in [1.29, 1.82) is 0 Å². The van der Waals surface area contributed by atoms with E-state index in [9.17, 15) is 5.11 Å². The zero-order valence-electron chi connectivity index (χ0n) is 11.9. The summed E-state index contributed by atoms with van der Waals surface area (Å²) >= 11 is 0. The second-order valence-electron chi connectivity index (χ2n) is 4.84. The summed E-state index contributed by atoms with van der Waals surface area (Å²) in [5.74, 6) is 0.862. The fourth-order valence-electron chi connectivity index (χ4n) is 2.17. The number of rotatable bonds is 6. The fraction of sp³-hybridized carbons (Fsp3) is 0.294. The summed E-state index contributed by atoms with van der Waals surface area (Å²) in [5.41, 5.74) is 2.01. The van der Waals surface area contributed by atoms with Gasteiger partial charge < -0.3 is 15.2 Å². The van der Waals surface area contributed by atoms with Crippen molar-refractivity contribution in [1.82, 2.24) is 5.32 Å². The molecule has 0 aliphatic carbocycles. The van der Waals surface area contributed by atoms with E-state index < -0.39 is 6.10 Å². The number of nitrogens with one attached hydrogen (secondary N) is 1. The van der Waals surface area contributed by atoms with E-state index in [4.69, 9.17) is 4.74 Å². The minimum atomic E-state index is -0.522. The molecular weight excluding hydrogens is 250 g/mol. The maximum atomic E-state index is 10.3. The number of benzene rings is 2. The van der Waals surface area contributed by atoms with Gasteiger partial charge in [-0.25, -0.2) is 0 Å². The van der Waals surface area contributed by atoms with E-state index in [1.54, 1.807) is 7.11 Å². The van der Waals surface area contributed by atoms with Gasteiger partial charge in [0.25, 0.3) is 0 Å². The van der Waals surface area contributed by atoms with Gasteiger partial charge in [-0.3, -0.25) is 0 Å². The Kier molecular flexibility index (Phi) is 5.16. The maximum Gasteiger partial charge on any atom is 0.123 e. The molecule has 0 heterocycles. The van der Waals surface area contributed by atoms with Crippen LogP contribution in [0.5, 0.6) is 5.75 Å². The molecule has 1 unspecified atom stereocenters. The third-order valence-electron chi connectivity index (χ3n) is 3.42. The van der Waals surface area contributed by atoms with E-state index in [1.165, 1.54) is 0 Å². The van der Waals surface area contributed by atoms with Gasteiger partial charge in [0, 0.05) is 18.2 Å². The van der Waals surface area contributed by atoms with Crippen LogP contribution in [0.25, 0.3) is 0 Å². The number of methoxy groups -OCH3 is 1. The molecule has 0 radical (unpaired) electrons. The molecule has 3 heteroatoms. The highest BCUT2D eigenvalue weighted by Gasteiger charge is 2.15. The summed E-state index contributed by atoms with van der Waals surface area (Å²) in [4.78, 5) is 0. The highest BCUT2D eigenvalue weighted by Crippen LogP contribution is 2.19. The molecule has 2 rings (SSSR count). The van der Waals surface area contributed by atoms with Gasteiger partial charge in [-0.15, -0.1) is 0 Å². The molecule has 2 atom stereocenters. The van der Waals surface area contributed by atoms with Crippen molar-refractivity contribution in [2.75, 3.05) is 7.11 Å². The van der Waals surface area contributed by atoms with Crippen molar-refractivity contribution in [3.8, 4) is 5.75 Å². The average molecular weight is 271 g/mol. The van der Waals surface area contributed by atoms with Gasteiger partial charge in [-0.05, 0) is 18.6 Å². The molecule has 0 saturated heterocycles. The first-order chi connectivity index (χ1) is 9.72. The topological polar surface area (TPSA) is 41.5 Å². The molecule has 0 amide bonds. The SMILES string of the molecule is COc1ccccc1CNC(C)[C@@H](O)c1ccccc1. The van der Waals surface area contributed by atoms with Crippen LogP contribution in [0.1, 0.15) is 24.2 Å². The van der Waals surface area contributed by atoms with E-state index >= 15 is 0 Å². The van der Waals surface area contributed by atoms with Crippen LogP contribution in [-0.2, 0) is 6.54 Å². The molecule has 106 valence electrons. The minimum Gasteiger partial charge on any atom is -0.496 e. The van der Waals surface area contributed by atoms with Crippen LogP contribution in [0.2, 0.25) is 0 Å². The van der Waals surface area contributed by atoms with Crippen LogP contribution in [-0.4, -0.2) is 18.3 Å². The third-order valence-corrected chi connectivity index (χ3v) is 3.42. The summed E-state index contributed by atoms with van der Waals surface area (Å²) in [7, 11) is 1.67. The highest BCUT2D eigenvalue weighted by atomic mass is 16.5. The van der Waals surface area contributed by atoms with Gasteiger partial charge in [-0.1, -0.05) is 48.5 Å². The van der Waals surface area contributed by atoms with Crippen molar-refractivity contribution < 1.29 is 9.84 Å². The first-order valence-corrected chi connectivity index (χ1v) is 6.80. The Balaban J connectivity index is 1.97. The van der Waals surface area contributed by atoms with E-state index in [-0.39, 0.29) is 6.04 Å². The largest absolute Gasteiger partial charge is 0.496 e. The Morgan fingerprint density at radius 3 is 2.40 bits per heavy atom. The first kappa shape index (κ1) is 14.6. The van der Waals surface area contributed by atoms with Crippen LogP contribution < -0.4 is 10.1 Å². The van der Waals surface area contributed by atoms with Crippen LogP contribution >= 0.6 is 0 Å². The van der Waals surface area contributed by atoms with E-state index in [2.05, 4.69) is 5.32 Å². The standard InChI is InChI=1S/C17H21NO2/c1-13(17(19)14-8-4-3-5-9-14)18-12-15-10-6-7-11-16(15)20-2/h3-11,13,17-19H,12H2,1-2H3/t13?,17-/m1/s1.